The van der Waals surface area contributed by atoms with Crippen molar-refractivity contribution in [2.75, 3.05) is 46.2 Å². The van der Waals surface area contributed by atoms with E-state index in [0.29, 0.717) is 0 Å². The Morgan fingerprint density at radius 3 is 2.44 bits per heavy atom. The Kier molecular flexibility index (Phi) is 4.91. The molecule has 0 spiro atoms. The zero-order valence-electron chi connectivity index (χ0n) is 11.2. The number of nitrogens with zero attached hydrogens (tertiary/aromatic N) is 3. The fraction of sp³-hybridized carbons (Fsp3) is 0.500. The van der Waals surface area contributed by atoms with Gasteiger partial charge in [0.15, 0.2) is 5.75 Å². The molecule has 0 radical (unpaired) electrons. The standard InChI is InChI=1S/C12H19N3O3/c1-13(2)7-8-14(3)10-5-6-11(15(16)17)12(9-10)18-4/h5-6,9H,7-8H2,1-4H3. The molecule has 0 aromatic heterocycles. The van der Waals surface area contributed by atoms with E-state index in [1.807, 2.05) is 26.0 Å². The molecule has 6 nitrogen and oxygen atoms in total. The van der Waals surface area contributed by atoms with Crippen molar-refractivity contribution in [3.8, 4) is 5.75 Å². The molecule has 0 amide bonds. The molecule has 100 valence electrons. The van der Waals surface area contributed by atoms with Crippen LogP contribution in [0.15, 0.2) is 18.2 Å². The second-order valence-electron chi connectivity index (χ2n) is 4.34. The number of rotatable bonds is 6. The molecular formula is C12H19N3O3. The summed E-state index contributed by atoms with van der Waals surface area (Å²) in [7, 11) is 7.39. The van der Waals surface area contributed by atoms with Crippen LogP contribution < -0.4 is 9.64 Å². The minimum absolute atomic E-state index is 0.0118. The van der Waals surface area contributed by atoms with Crippen molar-refractivity contribution in [2.24, 2.45) is 0 Å². The van der Waals surface area contributed by atoms with Crippen LogP contribution in [0.25, 0.3) is 0 Å². The lowest BCUT2D eigenvalue weighted by molar-refractivity contribution is -0.385. The van der Waals surface area contributed by atoms with Gasteiger partial charge < -0.3 is 14.5 Å². The first kappa shape index (κ1) is 14.2. The Labute approximate surface area is 107 Å². The first-order valence-corrected chi connectivity index (χ1v) is 5.64. The number of anilines is 1. The summed E-state index contributed by atoms with van der Waals surface area (Å²) in [4.78, 5) is 14.5. The number of hydrogen-bond donors (Lipinski definition) is 0. The number of ether oxygens (including phenoxy) is 1. The molecule has 6 heteroatoms. The maximum Gasteiger partial charge on any atom is 0.311 e. The molecular weight excluding hydrogens is 234 g/mol. The number of methoxy groups -OCH3 is 1. The first-order valence-electron chi connectivity index (χ1n) is 5.64. The quantitative estimate of drug-likeness (QED) is 0.569. The van der Waals surface area contributed by atoms with E-state index in [1.165, 1.54) is 13.2 Å². The van der Waals surface area contributed by atoms with Crippen LogP contribution in [0.2, 0.25) is 0 Å². The Balaban J connectivity index is 2.87. The summed E-state index contributed by atoms with van der Waals surface area (Å²) < 4.78 is 5.04. The van der Waals surface area contributed by atoms with Crippen LogP contribution in [0.1, 0.15) is 0 Å². The largest absolute Gasteiger partial charge is 0.490 e. The molecule has 0 N–H and O–H groups in total. The third kappa shape index (κ3) is 3.59. The molecule has 1 aromatic carbocycles. The summed E-state index contributed by atoms with van der Waals surface area (Å²) in [5.41, 5.74) is 0.890. The number of likely N-dealkylation sites (N-methyl/N-ethyl adjacent to an activating group) is 2. The molecule has 0 heterocycles. The van der Waals surface area contributed by atoms with Gasteiger partial charge >= 0.3 is 5.69 Å². The maximum atomic E-state index is 10.8. The Morgan fingerprint density at radius 2 is 1.94 bits per heavy atom. The lowest BCUT2D eigenvalue weighted by Gasteiger charge is -2.21. The van der Waals surface area contributed by atoms with E-state index < -0.39 is 4.92 Å². The normalized spacial score (nSPS) is 10.5. The zero-order chi connectivity index (χ0) is 13.7. The molecule has 0 saturated heterocycles. The SMILES string of the molecule is COc1cc(N(C)CCN(C)C)ccc1[N+](=O)[O-]. The van der Waals surface area contributed by atoms with Gasteiger partial charge in [-0.1, -0.05) is 0 Å². The zero-order valence-corrected chi connectivity index (χ0v) is 11.2. The van der Waals surface area contributed by atoms with Gasteiger partial charge in [0.25, 0.3) is 0 Å². The van der Waals surface area contributed by atoms with Gasteiger partial charge in [0.2, 0.25) is 0 Å². The van der Waals surface area contributed by atoms with Gasteiger partial charge in [-0.05, 0) is 20.2 Å². The van der Waals surface area contributed by atoms with Crippen LogP contribution in [-0.2, 0) is 0 Å². The Morgan fingerprint density at radius 1 is 1.28 bits per heavy atom. The summed E-state index contributed by atoms with van der Waals surface area (Å²) in [5.74, 6) is 0.286. The average Bonchev–Trinajstić information content (AvgIpc) is 2.34. The Bertz CT molecular complexity index is 421. The smallest absolute Gasteiger partial charge is 0.311 e. The second kappa shape index (κ2) is 6.20. The van der Waals surface area contributed by atoms with Gasteiger partial charge in [0.05, 0.1) is 12.0 Å². The van der Waals surface area contributed by atoms with Gasteiger partial charge in [-0.2, -0.15) is 0 Å². The number of benzene rings is 1. The van der Waals surface area contributed by atoms with Crippen molar-refractivity contribution >= 4 is 11.4 Å². The second-order valence-corrected chi connectivity index (χ2v) is 4.34. The minimum Gasteiger partial charge on any atom is -0.490 e. The van der Waals surface area contributed by atoms with Crippen molar-refractivity contribution in [1.29, 1.82) is 0 Å². The highest BCUT2D eigenvalue weighted by atomic mass is 16.6. The summed E-state index contributed by atoms with van der Waals surface area (Å²) >= 11 is 0. The lowest BCUT2D eigenvalue weighted by atomic mass is 10.2. The summed E-state index contributed by atoms with van der Waals surface area (Å²) in [6.07, 6.45) is 0. The molecule has 0 atom stereocenters. The predicted octanol–water partition coefficient (Wildman–Crippen LogP) is 1.60. The summed E-state index contributed by atoms with van der Waals surface area (Å²) in [6.45, 7) is 1.75. The first-order chi connectivity index (χ1) is 8.45. The lowest BCUT2D eigenvalue weighted by Crippen LogP contribution is -2.28. The number of nitro groups is 1. The highest BCUT2D eigenvalue weighted by molar-refractivity contribution is 5.58. The maximum absolute atomic E-state index is 10.8. The van der Waals surface area contributed by atoms with Crippen molar-refractivity contribution in [3.05, 3.63) is 28.3 Å². The molecule has 0 aliphatic carbocycles. The van der Waals surface area contributed by atoms with E-state index in [-0.39, 0.29) is 11.4 Å². The van der Waals surface area contributed by atoms with Gasteiger partial charge in [-0.3, -0.25) is 10.1 Å². The van der Waals surface area contributed by atoms with E-state index in [2.05, 4.69) is 4.90 Å². The third-order valence-corrected chi connectivity index (χ3v) is 2.68. The summed E-state index contributed by atoms with van der Waals surface area (Å²) in [6, 6.07) is 4.89. The molecule has 0 fully saturated rings. The highest BCUT2D eigenvalue weighted by Gasteiger charge is 2.15. The van der Waals surface area contributed by atoms with Crippen LogP contribution in [-0.4, -0.2) is 51.2 Å². The van der Waals surface area contributed by atoms with Crippen LogP contribution in [0, 0.1) is 10.1 Å². The van der Waals surface area contributed by atoms with E-state index in [0.717, 1.165) is 18.8 Å². The van der Waals surface area contributed by atoms with Gasteiger partial charge in [0.1, 0.15) is 0 Å². The van der Waals surface area contributed by atoms with E-state index in [1.54, 1.807) is 12.1 Å². The molecule has 1 rings (SSSR count). The minimum atomic E-state index is -0.442. The van der Waals surface area contributed by atoms with Crippen LogP contribution in [0.4, 0.5) is 11.4 Å². The fourth-order valence-electron chi connectivity index (χ4n) is 1.53. The third-order valence-electron chi connectivity index (χ3n) is 2.68. The molecule has 0 saturated carbocycles. The molecule has 0 unspecified atom stereocenters. The van der Waals surface area contributed by atoms with Crippen molar-refractivity contribution in [2.45, 2.75) is 0 Å². The Hall–Kier alpha value is -1.82. The van der Waals surface area contributed by atoms with Crippen molar-refractivity contribution in [1.82, 2.24) is 4.90 Å². The van der Waals surface area contributed by atoms with E-state index in [9.17, 15) is 10.1 Å². The topological polar surface area (TPSA) is 58.8 Å². The summed E-state index contributed by atoms with van der Waals surface area (Å²) in [5, 5.41) is 10.8. The van der Waals surface area contributed by atoms with Crippen LogP contribution >= 0.6 is 0 Å². The monoisotopic (exact) mass is 253 g/mol. The van der Waals surface area contributed by atoms with Gasteiger partial charge in [0, 0.05) is 38.0 Å². The molecule has 0 aliphatic rings. The van der Waals surface area contributed by atoms with Gasteiger partial charge in [-0.25, -0.2) is 0 Å². The predicted molar refractivity (Wildman–Crippen MR) is 71.5 cm³/mol. The number of hydrogen-bond acceptors (Lipinski definition) is 5. The molecule has 0 bridgehead atoms. The van der Waals surface area contributed by atoms with E-state index in [4.69, 9.17) is 4.74 Å². The van der Waals surface area contributed by atoms with Crippen LogP contribution in [0.3, 0.4) is 0 Å². The van der Waals surface area contributed by atoms with Gasteiger partial charge in [-0.15, -0.1) is 0 Å². The molecule has 1 aromatic rings. The fourth-order valence-corrected chi connectivity index (χ4v) is 1.53. The van der Waals surface area contributed by atoms with Crippen molar-refractivity contribution < 1.29 is 9.66 Å². The highest BCUT2D eigenvalue weighted by Crippen LogP contribution is 2.30. The van der Waals surface area contributed by atoms with E-state index >= 15 is 0 Å². The average molecular weight is 253 g/mol. The van der Waals surface area contributed by atoms with Crippen molar-refractivity contribution in [3.63, 3.8) is 0 Å². The van der Waals surface area contributed by atoms with Crippen LogP contribution in [0.5, 0.6) is 5.75 Å². The molecule has 0 aliphatic heterocycles. The number of nitro benzene ring substituents is 1. The molecule has 18 heavy (non-hydrogen) atoms.